The first-order valence-corrected chi connectivity index (χ1v) is 8.46. The second kappa shape index (κ2) is 9.30. The highest BCUT2D eigenvalue weighted by molar-refractivity contribution is 6.32. The van der Waals surface area contributed by atoms with Gasteiger partial charge in [-0.25, -0.2) is 4.79 Å². The van der Waals surface area contributed by atoms with Crippen molar-refractivity contribution < 1.29 is 14.6 Å². The highest BCUT2D eigenvalue weighted by Gasteiger charge is 2.13. The molecule has 134 valence electrons. The van der Waals surface area contributed by atoms with E-state index >= 15 is 0 Å². The van der Waals surface area contributed by atoms with Crippen molar-refractivity contribution in [3.63, 3.8) is 0 Å². The number of rotatable bonds is 7. The van der Waals surface area contributed by atoms with Gasteiger partial charge >= 0.3 is 6.03 Å². The smallest absolute Gasteiger partial charge is 0.320 e. The number of benzene rings is 2. The molecule has 0 aliphatic heterocycles. The second-order valence-corrected chi connectivity index (χ2v) is 6.15. The number of aliphatic hydroxyl groups excluding tert-OH is 1. The molecule has 25 heavy (non-hydrogen) atoms. The van der Waals surface area contributed by atoms with E-state index < -0.39 is 0 Å². The van der Waals surface area contributed by atoms with Crippen LogP contribution >= 0.6 is 11.6 Å². The van der Waals surface area contributed by atoms with Crippen LogP contribution in [0.5, 0.6) is 5.75 Å². The lowest BCUT2D eigenvalue weighted by Gasteiger charge is -2.22. The molecule has 5 nitrogen and oxygen atoms in total. The zero-order valence-electron chi connectivity index (χ0n) is 14.5. The summed E-state index contributed by atoms with van der Waals surface area (Å²) in [4.78, 5) is 13.9. The summed E-state index contributed by atoms with van der Waals surface area (Å²) in [6.45, 7) is 4.42. The number of ether oxygens (including phenoxy) is 1. The van der Waals surface area contributed by atoms with E-state index in [1.165, 1.54) is 4.90 Å². The average molecular weight is 363 g/mol. The number of aliphatic hydroxyl groups is 1. The highest BCUT2D eigenvalue weighted by Crippen LogP contribution is 2.25. The summed E-state index contributed by atoms with van der Waals surface area (Å²) < 4.78 is 5.59. The minimum atomic E-state index is -0.291. The first kappa shape index (κ1) is 19.1. The van der Waals surface area contributed by atoms with Crippen LogP contribution in [0.4, 0.5) is 4.79 Å². The molecule has 0 fully saturated rings. The van der Waals surface area contributed by atoms with Gasteiger partial charge in [0.25, 0.3) is 0 Å². The summed E-state index contributed by atoms with van der Waals surface area (Å²) in [5.74, 6) is 0.650. The molecule has 0 radical (unpaired) electrons. The van der Waals surface area contributed by atoms with Crippen LogP contribution in [0.15, 0.2) is 42.5 Å². The number of aryl methyl sites for hydroxylation is 2. The first-order valence-electron chi connectivity index (χ1n) is 8.08. The van der Waals surface area contributed by atoms with Crippen LogP contribution in [0.2, 0.25) is 5.02 Å². The molecule has 0 saturated heterocycles. The first-order chi connectivity index (χ1) is 12.0. The fraction of sp³-hybridized carbons (Fsp3) is 0.316. The topological polar surface area (TPSA) is 61.8 Å². The van der Waals surface area contributed by atoms with Gasteiger partial charge in [-0.1, -0.05) is 41.9 Å². The lowest BCUT2D eigenvalue weighted by molar-refractivity contribution is 0.164. The van der Waals surface area contributed by atoms with Gasteiger partial charge in [0.2, 0.25) is 0 Å². The van der Waals surface area contributed by atoms with E-state index in [-0.39, 0.29) is 25.9 Å². The average Bonchev–Trinajstić information content (AvgIpc) is 2.60. The van der Waals surface area contributed by atoms with Crippen LogP contribution in [0.3, 0.4) is 0 Å². The fourth-order valence-electron chi connectivity index (χ4n) is 2.46. The fourth-order valence-corrected chi connectivity index (χ4v) is 2.57. The van der Waals surface area contributed by atoms with Gasteiger partial charge in [0.1, 0.15) is 5.75 Å². The molecule has 0 spiro atoms. The third-order valence-electron chi connectivity index (χ3n) is 3.75. The molecule has 0 aliphatic rings. The van der Waals surface area contributed by atoms with Crippen LogP contribution < -0.4 is 10.1 Å². The summed E-state index contributed by atoms with van der Waals surface area (Å²) in [7, 11) is 0. The normalized spacial score (nSPS) is 10.4. The Bertz CT molecular complexity index is 684. The number of amides is 2. The van der Waals surface area contributed by atoms with Gasteiger partial charge in [0, 0.05) is 18.1 Å². The molecular formula is C19H23ClN2O3. The van der Waals surface area contributed by atoms with Crippen LogP contribution in [0, 0.1) is 13.8 Å². The molecule has 0 heterocycles. The maximum Gasteiger partial charge on any atom is 0.320 e. The van der Waals surface area contributed by atoms with Crippen molar-refractivity contribution in [3.8, 4) is 5.75 Å². The lowest BCUT2D eigenvalue weighted by Crippen LogP contribution is -2.42. The van der Waals surface area contributed by atoms with Gasteiger partial charge in [-0.15, -0.1) is 0 Å². The van der Waals surface area contributed by atoms with Gasteiger partial charge in [0.05, 0.1) is 6.61 Å². The monoisotopic (exact) mass is 362 g/mol. The zero-order chi connectivity index (χ0) is 18.2. The Hall–Kier alpha value is -2.24. The van der Waals surface area contributed by atoms with E-state index in [9.17, 15) is 9.90 Å². The largest absolute Gasteiger partial charge is 0.473 e. The molecule has 2 N–H and O–H groups in total. The number of hydrogen-bond donors (Lipinski definition) is 2. The van der Waals surface area contributed by atoms with E-state index in [0.717, 1.165) is 16.7 Å². The zero-order valence-corrected chi connectivity index (χ0v) is 15.2. The maximum absolute atomic E-state index is 12.3. The van der Waals surface area contributed by atoms with Crippen molar-refractivity contribution in [3.05, 3.63) is 64.2 Å². The van der Waals surface area contributed by atoms with E-state index in [0.29, 0.717) is 17.3 Å². The Morgan fingerprint density at radius 2 is 1.84 bits per heavy atom. The Morgan fingerprint density at radius 1 is 1.20 bits per heavy atom. The molecule has 6 heteroatoms. The molecule has 2 amide bonds. The van der Waals surface area contributed by atoms with Crippen molar-refractivity contribution in [2.24, 2.45) is 0 Å². The number of carbonyl (C=O) groups excluding carboxylic acids is 1. The molecule has 2 aromatic carbocycles. The van der Waals surface area contributed by atoms with Gasteiger partial charge < -0.3 is 20.1 Å². The number of halogens is 1. The van der Waals surface area contributed by atoms with Crippen molar-refractivity contribution in [1.29, 1.82) is 0 Å². The van der Waals surface area contributed by atoms with Crippen LogP contribution in [-0.2, 0) is 6.54 Å². The van der Waals surface area contributed by atoms with Crippen LogP contribution in [0.1, 0.15) is 16.7 Å². The van der Waals surface area contributed by atoms with Crippen molar-refractivity contribution in [1.82, 2.24) is 10.2 Å². The third kappa shape index (κ3) is 5.66. The summed E-state index contributed by atoms with van der Waals surface area (Å²) in [5.41, 5.74) is 2.85. The highest BCUT2D eigenvalue weighted by atomic mass is 35.5. The molecule has 0 bridgehead atoms. The Balaban J connectivity index is 1.90. The minimum Gasteiger partial charge on any atom is -0.473 e. The third-order valence-corrected chi connectivity index (χ3v) is 4.34. The molecule has 0 unspecified atom stereocenters. The Morgan fingerprint density at radius 3 is 2.44 bits per heavy atom. The van der Waals surface area contributed by atoms with E-state index in [2.05, 4.69) is 5.32 Å². The van der Waals surface area contributed by atoms with Crippen molar-refractivity contribution in [2.45, 2.75) is 20.4 Å². The molecule has 0 saturated carbocycles. The second-order valence-electron chi connectivity index (χ2n) is 5.77. The Kier molecular flexibility index (Phi) is 7.10. The molecule has 2 aromatic rings. The van der Waals surface area contributed by atoms with Crippen molar-refractivity contribution in [2.75, 3.05) is 19.9 Å². The molecule has 0 aromatic heterocycles. The molecule has 2 rings (SSSR count). The number of carbonyl (C=O) groups is 1. The summed E-state index contributed by atoms with van der Waals surface area (Å²) in [5, 5.41) is 12.6. The van der Waals surface area contributed by atoms with Gasteiger partial charge in [0.15, 0.2) is 6.73 Å². The van der Waals surface area contributed by atoms with Crippen LogP contribution in [-0.4, -0.2) is 35.9 Å². The standard InChI is InChI=1S/C19H23ClN2O3/c1-14-10-17(11-15(2)18(14)20)25-13-21-19(24)22(8-9-23)12-16-6-4-3-5-7-16/h3-7,10-11,23H,8-9,12-13H2,1-2H3,(H,21,24). The molecular weight excluding hydrogens is 340 g/mol. The number of urea groups is 1. The summed E-state index contributed by atoms with van der Waals surface area (Å²) in [6, 6.07) is 13.0. The van der Waals surface area contributed by atoms with Gasteiger partial charge in [-0.3, -0.25) is 0 Å². The Labute approximate surface area is 153 Å². The SMILES string of the molecule is Cc1cc(OCNC(=O)N(CCO)Cc2ccccc2)cc(C)c1Cl. The number of nitrogens with one attached hydrogen (secondary N) is 1. The van der Waals surface area contributed by atoms with E-state index in [1.807, 2.05) is 56.3 Å². The van der Waals surface area contributed by atoms with Gasteiger partial charge in [-0.05, 0) is 42.7 Å². The van der Waals surface area contributed by atoms with E-state index in [4.69, 9.17) is 16.3 Å². The number of hydrogen-bond acceptors (Lipinski definition) is 3. The summed E-state index contributed by atoms with van der Waals surface area (Å²) in [6.07, 6.45) is 0. The number of nitrogens with zero attached hydrogens (tertiary/aromatic N) is 1. The van der Waals surface area contributed by atoms with Gasteiger partial charge in [-0.2, -0.15) is 0 Å². The van der Waals surface area contributed by atoms with Crippen molar-refractivity contribution >= 4 is 17.6 Å². The molecule has 0 atom stereocenters. The van der Waals surface area contributed by atoms with Crippen LogP contribution in [0.25, 0.3) is 0 Å². The quantitative estimate of drug-likeness (QED) is 0.741. The van der Waals surface area contributed by atoms with E-state index in [1.54, 1.807) is 0 Å². The maximum atomic E-state index is 12.3. The minimum absolute atomic E-state index is 0.0378. The lowest BCUT2D eigenvalue weighted by atomic mass is 10.1. The predicted octanol–water partition coefficient (Wildman–Crippen LogP) is 3.50. The molecule has 0 aliphatic carbocycles. The predicted molar refractivity (Wildman–Crippen MR) is 98.9 cm³/mol. The summed E-state index contributed by atoms with van der Waals surface area (Å²) >= 11 is 6.13.